The normalized spacial score (nSPS) is 12.7. The zero-order valence-electron chi connectivity index (χ0n) is 8.39. The van der Waals surface area contributed by atoms with Crippen molar-refractivity contribution in [1.29, 1.82) is 0 Å². The topological polar surface area (TPSA) is 43.8 Å². The smallest absolute Gasteiger partial charge is 0.129 e. The van der Waals surface area contributed by atoms with E-state index in [4.69, 9.17) is 17.3 Å². The highest BCUT2D eigenvalue weighted by Crippen LogP contribution is 2.20. The van der Waals surface area contributed by atoms with E-state index in [0.29, 0.717) is 5.02 Å². The Morgan fingerprint density at radius 2 is 2.27 bits per heavy atom. The molecule has 1 unspecified atom stereocenters. The minimum atomic E-state index is -0.233. The van der Waals surface area contributed by atoms with Crippen LogP contribution in [-0.4, -0.2) is 9.55 Å². The van der Waals surface area contributed by atoms with E-state index in [1.165, 1.54) is 0 Å². The fraction of sp³-hybridized carbons (Fsp3) is 0.182. The molecule has 0 saturated carbocycles. The van der Waals surface area contributed by atoms with Gasteiger partial charge in [0.25, 0.3) is 0 Å². The summed E-state index contributed by atoms with van der Waals surface area (Å²) in [7, 11) is 1.92. The Kier molecular flexibility index (Phi) is 2.75. The summed E-state index contributed by atoms with van der Waals surface area (Å²) in [5, 5.41) is 0.692. The van der Waals surface area contributed by atoms with Crippen molar-refractivity contribution in [3.8, 4) is 0 Å². The fourth-order valence-corrected chi connectivity index (χ4v) is 1.72. The van der Waals surface area contributed by atoms with E-state index >= 15 is 0 Å². The SMILES string of the molecule is Cn1ccnc1C(N)c1cccc(Cl)c1. The highest BCUT2D eigenvalue weighted by Gasteiger charge is 2.12. The van der Waals surface area contributed by atoms with Crippen LogP contribution in [-0.2, 0) is 7.05 Å². The Bertz CT molecular complexity index is 464. The third-order valence-corrected chi connectivity index (χ3v) is 2.58. The van der Waals surface area contributed by atoms with E-state index in [2.05, 4.69) is 4.98 Å². The van der Waals surface area contributed by atoms with Gasteiger partial charge in [-0.15, -0.1) is 0 Å². The van der Waals surface area contributed by atoms with Crippen molar-refractivity contribution in [2.45, 2.75) is 6.04 Å². The van der Waals surface area contributed by atoms with Crippen molar-refractivity contribution >= 4 is 11.6 Å². The second-order valence-electron chi connectivity index (χ2n) is 3.43. The molecule has 0 saturated heterocycles. The van der Waals surface area contributed by atoms with Crippen LogP contribution >= 0.6 is 11.6 Å². The molecular formula is C11H12ClN3. The van der Waals surface area contributed by atoms with Crippen LogP contribution < -0.4 is 5.73 Å². The van der Waals surface area contributed by atoms with Gasteiger partial charge in [0.1, 0.15) is 5.82 Å². The molecule has 2 aromatic rings. The zero-order chi connectivity index (χ0) is 10.8. The lowest BCUT2D eigenvalue weighted by Gasteiger charge is -2.11. The molecule has 1 atom stereocenters. The first-order chi connectivity index (χ1) is 7.18. The molecule has 0 spiro atoms. The second kappa shape index (κ2) is 4.04. The summed E-state index contributed by atoms with van der Waals surface area (Å²) in [6.45, 7) is 0. The highest BCUT2D eigenvalue weighted by atomic mass is 35.5. The van der Waals surface area contributed by atoms with Crippen molar-refractivity contribution in [2.24, 2.45) is 12.8 Å². The van der Waals surface area contributed by atoms with Crippen molar-refractivity contribution in [1.82, 2.24) is 9.55 Å². The van der Waals surface area contributed by atoms with Gasteiger partial charge in [-0.25, -0.2) is 4.98 Å². The molecular weight excluding hydrogens is 210 g/mol. The van der Waals surface area contributed by atoms with Gasteiger partial charge in [0.05, 0.1) is 6.04 Å². The maximum absolute atomic E-state index is 6.09. The molecule has 2 rings (SSSR count). The van der Waals surface area contributed by atoms with Gasteiger partial charge in [0, 0.05) is 24.5 Å². The summed E-state index contributed by atoms with van der Waals surface area (Å²) in [5.41, 5.74) is 7.06. The summed E-state index contributed by atoms with van der Waals surface area (Å²) >= 11 is 5.91. The number of imidazole rings is 1. The molecule has 0 fully saturated rings. The number of benzene rings is 1. The average Bonchev–Trinajstić information content (AvgIpc) is 2.63. The second-order valence-corrected chi connectivity index (χ2v) is 3.87. The van der Waals surface area contributed by atoms with Gasteiger partial charge in [-0.2, -0.15) is 0 Å². The molecule has 78 valence electrons. The lowest BCUT2D eigenvalue weighted by Crippen LogP contribution is -2.16. The van der Waals surface area contributed by atoms with Gasteiger partial charge in [-0.1, -0.05) is 23.7 Å². The molecule has 2 N–H and O–H groups in total. The van der Waals surface area contributed by atoms with E-state index in [1.807, 2.05) is 42.1 Å². The monoisotopic (exact) mass is 221 g/mol. The Balaban J connectivity index is 2.36. The Labute approximate surface area is 93.5 Å². The van der Waals surface area contributed by atoms with Gasteiger partial charge in [0.15, 0.2) is 0 Å². The van der Waals surface area contributed by atoms with E-state index in [-0.39, 0.29) is 6.04 Å². The number of hydrogen-bond donors (Lipinski definition) is 1. The van der Waals surface area contributed by atoms with Crippen LogP contribution in [0.25, 0.3) is 0 Å². The van der Waals surface area contributed by atoms with E-state index in [1.54, 1.807) is 6.20 Å². The molecule has 0 aliphatic rings. The Hall–Kier alpha value is -1.32. The number of aryl methyl sites for hydroxylation is 1. The number of nitrogens with two attached hydrogens (primary N) is 1. The number of nitrogens with zero attached hydrogens (tertiary/aromatic N) is 2. The van der Waals surface area contributed by atoms with Crippen LogP contribution in [0.2, 0.25) is 5.02 Å². The Morgan fingerprint density at radius 3 is 2.87 bits per heavy atom. The lowest BCUT2D eigenvalue weighted by molar-refractivity contribution is 0.717. The Morgan fingerprint density at radius 1 is 1.47 bits per heavy atom. The predicted molar refractivity (Wildman–Crippen MR) is 60.7 cm³/mol. The third-order valence-electron chi connectivity index (χ3n) is 2.34. The van der Waals surface area contributed by atoms with Crippen molar-refractivity contribution < 1.29 is 0 Å². The molecule has 1 aromatic heterocycles. The van der Waals surface area contributed by atoms with Crippen LogP contribution in [0.4, 0.5) is 0 Å². The van der Waals surface area contributed by atoms with Crippen molar-refractivity contribution in [3.05, 3.63) is 53.1 Å². The largest absolute Gasteiger partial charge is 0.336 e. The van der Waals surface area contributed by atoms with E-state index < -0.39 is 0 Å². The number of hydrogen-bond acceptors (Lipinski definition) is 2. The van der Waals surface area contributed by atoms with Crippen LogP contribution in [0.15, 0.2) is 36.7 Å². The molecule has 1 heterocycles. The van der Waals surface area contributed by atoms with Crippen LogP contribution in [0.3, 0.4) is 0 Å². The number of halogens is 1. The number of aromatic nitrogens is 2. The molecule has 0 amide bonds. The summed E-state index contributed by atoms with van der Waals surface area (Å²) in [4.78, 5) is 4.22. The first-order valence-corrected chi connectivity index (χ1v) is 5.04. The van der Waals surface area contributed by atoms with Crippen LogP contribution in [0, 0.1) is 0 Å². The van der Waals surface area contributed by atoms with Crippen molar-refractivity contribution in [3.63, 3.8) is 0 Å². The predicted octanol–water partition coefficient (Wildman–Crippen LogP) is 2.12. The summed E-state index contributed by atoms with van der Waals surface area (Å²) in [6.07, 6.45) is 3.61. The quantitative estimate of drug-likeness (QED) is 0.844. The van der Waals surface area contributed by atoms with Crippen molar-refractivity contribution in [2.75, 3.05) is 0 Å². The average molecular weight is 222 g/mol. The highest BCUT2D eigenvalue weighted by molar-refractivity contribution is 6.30. The molecule has 3 nitrogen and oxygen atoms in total. The number of rotatable bonds is 2. The molecule has 15 heavy (non-hydrogen) atoms. The summed E-state index contributed by atoms with van der Waals surface area (Å²) in [6, 6.07) is 7.30. The van der Waals surface area contributed by atoms with Gasteiger partial charge >= 0.3 is 0 Å². The molecule has 0 bridgehead atoms. The lowest BCUT2D eigenvalue weighted by atomic mass is 10.1. The fourth-order valence-electron chi connectivity index (χ4n) is 1.53. The van der Waals surface area contributed by atoms with Gasteiger partial charge in [-0.3, -0.25) is 0 Å². The van der Waals surface area contributed by atoms with E-state index in [9.17, 15) is 0 Å². The molecule has 0 aliphatic carbocycles. The molecule has 0 radical (unpaired) electrons. The van der Waals surface area contributed by atoms with Crippen LogP contribution in [0.1, 0.15) is 17.4 Å². The van der Waals surface area contributed by atoms with Gasteiger partial charge in [-0.05, 0) is 17.7 Å². The first-order valence-electron chi connectivity index (χ1n) is 4.67. The maximum Gasteiger partial charge on any atom is 0.129 e. The minimum Gasteiger partial charge on any atom is -0.336 e. The third kappa shape index (κ3) is 2.03. The first kappa shape index (κ1) is 10.2. The summed E-state index contributed by atoms with van der Waals surface area (Å²) < 4.78 is 1.91. The molecule has 0 aliphatic heterocycles. The molecule has 4 heteroatoms. The minimum absolute atomic E-state index is 0.233. The zero-order valence-corrected chi connectivity index (χ0v) is 9.15. The van der Waals surface area contributed by atoms with Gasteiger partial charge < -0.3 is 10.3 Å². The van der Waals surface area contributed by atoms with E-state index in [0.717, 1.165) is 11.4 Å². The maximum atomic E-state index is 6.09. The van der Waals surface area contributed by atoms with Crippen LogP contribution in [0.5, 0.6) is 0 Å². The van der Waals surface area contributed by atoms with Gasteiger partial charge in [0.2, 0.25) is 0 Å². The standard InChI is InChI=1S/C11H12ClN3/c1-15-6-5-14-11(15)10(13)8-3-2-4-9(12)7-8/h2-7,10H,13H2,1H3. The molecule has 1 aromatic carbocycles. The summed E-state index contributed by atoms with van der Waals surface area (Å²) in [5.74, 6) is 0.831.